The van der Waals surface area contributed by atoms with Gasteiger partial charge in [-0.3, -0.25) is 24.6 Å². The third-order valence-electron chi connectivity index (χ3n) is 4.60. The number of nitrogens with one attached hydrogen (secondary N) is 1. The van der Waals surface area contributed by atoms with E-state index in [0.717, 1.165) is 22.7 Å². The van der Waals surface area contributed by atoms with E-state index in [9.17, 15) is 14.4 Å². The largest absolute Gasteiger partial charge is 0.299 e. The van der Waals surface area contributed by atoms with Crippen molar-refractivity contribution in [1.29, 1.82) is 0 Å². The Morgan fingerprint density at radius 1 is 1.12 bits per heavy atom. The summed E-state index contributed by atoms with van der Waals surface area (Å²) in [5.74, 6) is -1.06. The number of imide groups is 1. The smallest absolute Gasteiger partial charge is 0.262 e. The SMILES string of the molecule is CCC(CC)c1nnc(NC(=O)[C@@H](C)N2C(=O)c3ccccc3C2=O)s1. The molecule has 136 valence electrons. The van der Waals surface area contributed by atoms with Gasteiger partial charge in [0.15, 0.2) is 0 Å². The molecule has 1 atom stereocenters. The van der Waals surface area contributed by atoms with Crippen LogP contribution in [-0.2, 0) is 4.79 Å². The van der Waals surface area contributed by atoms with Crippen LogP contribution < -0.4 is 5.32 Å². The Kier molecular flexibility index (Phi) is 5.13. The normalized spacial score (nSPS) is 14.7. The van der Waals surface area contributed by atoms with Gasteiger partial charge in [-0.05, 0) is 31.9 Å². The second-order valence-electron chi connectivity index (χ2n) is 6.15. The summed E-state index contributed by atoms with van der Waals surface area (Å²) in [6, 6.07) is 5.63. The fourth-order valence-corrected chi connectivity index (χ4v) is 3.99. The zero-order valence-corrected chi connectivity index (χ0v) is 15.7. The summed E-state index contributed by atoms with van der Waals surface area (Å²) >= 11 is 1.32. The molecule has 0 saturated heterocycles. The predicted molar refractivity (Wildman–Crippen MR) is 98.3 cm³/mol. The van der Waals surface area contributed by atoms with Crippen LogP contribution >= 0.6 is 11.3 Å². The van der Waals surface area contributed by atoms with Crippen molar-refractivity contribution >= 4 is 34.2 Å². The maximum Gasteiger partial charge on any atom is 0.262 e. The molecule has 0 fully saturated rings. The first-order valence-corrected chi connectivity index (χ1v) is 9.40. The number of hydrogen-bond donors (Lipinski definition) is 1. The Bertz CT molecular complexity index is 825. The van der Waals surface area contributed by atoms with Gasteiger partial charge in [-0.15, -0.1) is 10.2 Å². The van der Waals surface area contributed by atoms with Crippen LogP contribution in [0, 0.1) is 0 Å². The molecule has 1 N–H and O–H groups in total. The predicted octanol–water partition coefficient (Wildman–Crippen LogP) is 3.06. The van der Waals surface area contributed by atoms with Crippen molar-refractivity contribution in [2.24, 2.45) is 0 Å². The standard InChI is InChI=1S/C18H20N4O3S/c1-4-11(5-2)15-20-21-18(26-15)19-14(23)10(3)22-16(24)12-8-6-7-9-13(12)17(22)25/h6-11H,4-5H2,1-3H3,(H,19,21,23)/t10-/m1/s1. The van der Waals surface area contributed by atoms with Gasteiger partial charge in [-0.1, -0.05) is 37.3 Å². The molecular weight excluding hydrogens is 352 g/mol. The highest BCUT2D eigenvalue weighted by molar-refractivity contribution is 7.15. The summed E-state index contributed by atoms with van der Waals surface area (Å²) in [4.78, 5) is 38.5. The fraction of sp³-hybridized carbons (Fsp3) is 0.389. The minimum absolute atomic E-state index is 0.312. The first-order valence-electron chi connectivity index (χ1n) is 8.59. The van der Waals surface area contributed by atoms with Gasteiger partial charge in [0, 0.05) is 5.92 Å². The van der Waals surface area contributed by atoms with Gasteiger partial charge in [0.1, 0.15) is 11.0 Å². The lowest BCUT2D eigenvalue weighted by atomic mass is 10.1. The van der Waals surface area contributed by atoms with E-state index in [4.69, 9.17) is 0 Å². The molecule has 1 aromatic carbocycles. The van der Waals surface area contributed by atoms with Crippen LogP contribution in [0.5, 0.6) is 0 Å². The molecule has 7 nitrogen and oxygen atoms in total. The molecule has 1 aromatic heterocycles. The molecule has 26 heavy (non-hydrogen) atoms. The Balaban J connectivity index is 1.73. The van der Waals surface area contributed by atoms with Gasteiger partial charge in [0.25, 0.3) is 11.8 Å². The molecule has 0 spiro atoms. The highest BCUT2D eigenvalue weighted by Crippen LogP contribution is 2.29. The molecule has 1 aliphatic rings. The van der Waals surface area contributed by atoms with Crippen molar-refractivity contribution in [1.82, 2.24) is 15.1 Å². The van der Waals surface area contributed by atoms with E-state index in [0.29, 0.717) is 22.2 Å². The summed E-state index contributed by atoms with van der Waals surface area (Å²) in [6.45, 7) is 5.69. The van der Waals surface area contributed by atoms with Gasteiger partial charge in [0.05, 0.1) is 11.1 Å². The number of hydrogen-bond acceptors (Lipinski definition) is 6. The molecule has 2 heterocycles. The Morgan fingerprint density at radius 2 is 1.69 bits per heavy atom. The topological polar surface area (TPSA) is 92.3 Å². The van der Waals surface area contributed by atoms with Crippen molar-refractivity contribution in [3.8, 4) is 0 Å². The van der Waals surface area contributed by atoms with Crippen LogP contribution in [0.25, 0.3) is 0 Å². The first kappa shape index (κ1) is 18.2. The number of carbonyl (C=O) groups is 3. The number of benzene rings is 1. The lowest BCUT2D eigenvalue weighted by Crippen LogP contribution is -2.45. The average Bonchev–Trinajstić information content (AvgIpc) is 3.19. The molecule has 3 amide bonds. The molecule has 0 saturated carbocycles. The second kappa shape index (κ2) is 7.33. The summed E-state index contributed by atoms with van der Waals surface area (Å²) < 4.78 is 0. The van der Waals surface area contributed by atoms with Gasteiger partial charge >= 0.3 is 0 Å². The van der Waals surface area contributed by atoms with Crippen LogP contribution in [0.15, 0.2) is 24.3 Å². The minimum Gasteiger partial charge on any atom is -0.299 e. The zero-order chi connectivity index (χ0) is 18.8. The Hall–Kier alpha value is -2.61. The van der Waals surface area contributed by atoms with E-state index in [-0.39, 0.29) is 0 Å². The number of fused-ring (bicyclic) bond motifs is 1. The van der Waals surface area contributed by atoms with Gasteiger partial charge in [-0.2, -0.15) is 0 Å². The average molecular weight is 372 g/mol. The summed E-state index contributed by atoms with van der Waals surface area (Å²) in [5.41, 5.74) is 0.646. The van der Waals surface area contributed by atoms with Crippen LogP contribution in [0.3, 0.4) is 0 Å². The summed E-state index contributed by atoms with van der Waals surface area (Å²) in [5, 5.41) is 12.1. The monoisotopic (exact) mass is 372 g/mol. The van der Waals surface area contributed by atoms with E-state index in [1.807, 2.05) is 0 Å². The number of nitrogens with zero attached hydrogens (tertiary/aromatic N) is 3. The second-order valence-corrected chi connectivity index (χ2v) is 7.16. The highest BCUT2D eigenvalue weighted by atomic mass is 32.1. The minimum atomic E-state index is -0.942. The van der Waals surface area contributed by atoms with Crippen molar-refractivity contribution in [3.63, 3.8) is 0 Å². The number of amides is 3. The molecule has 0 unspecified atom stereocenters. The van der Waals surface area contributed by atoms with Crippen molar-refractivity contribution in [2.45, 2.75) is 45.6 Å². The number of aromatic nitrogens is 2. The van der Waals surface area contributed by atoms with E-state index in [1.54, 1.807) is 24.3 Å². The van der Waals surface area contributed by atoms with E-state index in [2.05, 4.69) is 29.4 Å². The molecule has 2 aromatic rings. The molecule has 0 bridgehead atoms. The van der Waals surface area contributed by atoms with Crippen molar-refractivity contribution in [3.05, 3.63) is 40.4 Å². The van der Waals surface area contributed by atoms with Crippen LogP contribution in [0.1, 0.15) is 65.3 Å². The van der Waals surface area contributed by atoms with Crippen molar-refractivity contribution in [2.75, 3.05) is 5.32 Å². The maximum absolute atomic E-state index is 12.5. The number of anilines is 1. The zero-order valence-electron chi connectivity index (χ0n) is 14.9. The van der Waals surface area contributed by atoms with E-state index >= 15 is 0 Å². The number of carbonyl (C=O) groups excluding carboxylic acids is 3. The third kappa shape index (κ3) is 3.12. The van der Waals surface area contributed by atoms with Gasteiger partial charge < -0.3 is 0 Å². The molecule has 0 radical (unpaired) electrons. The maximum atomic E-state index is 12.5. The molecular formula is C18H20N4O3S. The first-order chi connectivity index (χ1) is 12.5. The van der Waals surface area contributed by atoms with Crippen molar-refractivity contribution < 1.29 is 14.4 Å². The third-order valence-corrected chi connectivity index (χ3v) is 5.60. The van der Waals surface area contributed by atoms with Gasteiger partial charge in [0.2, 0.25) is 11.0 Å². The highest BCUT2D eigenvalue weighted by Gasteiger charge is 2.40. The molecule has 1 aliphatic heterocycles. The van der Waals surface area contributed by atoms with E-state index < -0.39 is 23.8 Å². The Labute approximate surface area is 155 Å². The Morgan fingerprint density at radius 3 is 2.23 bits per heavy atom. The van der Waals surface area contributed by atoms with Crippen LogP contribution in [0.2, 0.25) is 0 Å². The summed E-state index contributed by atoms with van der Waals surface area (Å²) in [7, 11) is 0. The quantitative estimate of drug-likeness (QED) is 0.787. The molecule has 0 aliphatic carbocycles. The number of rotatable bonds is 6. The summed E-state index contributed by atoms with van der Waals surface area (Å²) in [6.07, 6.45) is 1.90. The fourth-order valence-electron chi connectivity index (χ4n) is 2.97. The lowest BCUT2D eigenvalue weighted by Gasteiger charge is -2.20. The van der Waals surface area contributed by atoms with E-state index in [1.165, 1.54) is 18.3 Å². The molecule has 3 rings (SSSR count). The molecule has 8 heteroatoms. The van der Waals surface area contributed by atoms with Crippen LogP contribution in [0.4, 0.5) is 5.13 Å². The van der Waals surface area contributed by atoms with Crippen LogP contribution in [-0.4, -0.2) is 38.9 Å². The lowest BCUT2D eigenvalue weighted by molar-refractivity contribution is -0.119. The van der Waals surface area contributed by atoms with Gasteiger partial charge in [-0.25, -0.2) is 0 Å².